The van der Waals surface area contributed by atoms with Crippen LogP contribution in [0.4, 0.5) is 0 Å². The molecule has 0 saturated heterocycles. The van der Waals surface area contributed by atoms with Crippen LogP contribution in [0, 0.1) is 0 Å². The number of hydrogen-bond donors (Lipinski definition) is 0. The SMILES string of the molecule is C[Si](C)(Cl)[PbH]. The Kier molecular flexibility index (Phi) is 2.48. The van der Waals surface area contributed by atoms with Crippen LogP contribution >= 0.6 is 11.1 Å². The van der Waals surface area contributed by atoms with E-state index in [1.807, 2.05) is 0 Å². The molecule has 0 bridgehead atoms. The van der Waals surface area contributed by atoms with E-state index in [2.05, 4.69) is 13.1 Å². The first-order valence-electron chi connectivity index (χ1n) is 1.48. The maximum absolute atomic E-state index is 5.74. The summed E-state index contributed by atoms with van der Waals surface area (Å²) >= 11 is 6.78. The van der Waals surface area contributed by atoms with Gasteiger partial charge in [-0.1, -0.05) is 0 Å². The van der Waals surface area contributed by atoms with Gasteiger partial charge < -0.3 is 0 Å². The Hall–Kier alpha value is 1.43. The fourth-order valence-corrected chi connectivity index (χ4v) is 0. The van der Waals surface area contributed by atoms with Crippen molar-refractivity contribution in [2.75, 3.05) is 0 Å². The van der Waals surface area contributed by atoms with Crippen LogP contribution in [0.25, 0.3) is 0 Å². The molecule has 0 aromatic carbocycles. The Labute approximate surface area is 53.2 Å². The molecular weight excluding hydrogens is 295 g/mol. The Morgan fingerprint density at radius 2 is 1.60 bits per heavy atom. The fraction of sp³-hybridized carbons (Fsp3) is 1.00. The molecule has 0 aromatic rings. The van der Waals surface area contributed by atoms with Gasteiger partial charge in [-0.05, 0) is 0 Å². The van der Waals surface area contributed by atoms with Crippen LogP contribution < -0.4 is 0 Å². The Balaban J connectivity index is 3.02. The van der Waals surface area contributed by atoms with Gasteiger partial charge in [0.2, 0.25) is 0 Å². The molecule has 0 aliphatic rings. The molecule has 0 fully saturated rings. The van der Waals surface area contributed by atoms with E-state index in [1.54, 1.807) is 0 Å². The van der Waals surface area contributed by atoms with Crippen LogP contribution in [0.5, 0.6) is 0 Å². The molecule has 0 heterocycles. The predicted octanol–water partition coefficient (Wildman–Crippen LogP) is 0.828. The van der Waals surface area contributed by atoms with Crippen LogP contribution in [-0.4, -0.2) is 29.2 Å². The summed E-state index contributed by atoms with van der Waals surface area (Å²) < 4.78 is -0.972. The molecule has 0 aromatic heterocycles. The quantitative estimate of drug-likeness (QED) is 0.459. The minimum absolute atomic E-state index is 0.972. The zero-order chi connectivity index (χ0) is 4.50. The summed E-state index contributed by atoms with van der Waals surface area (Å²) in [5.74, 6) is 0. The molecule has 30 valence electrons. The molecule has 0 atom stereocenters. The van der Waals surface area contributed by atoms with Gasteiger partial charge >= 0.3 is 53.4 Å². The molecule has 0 unspecified atom stereocenters. The third kappa shape index (κ3) is 31.3. The summed E-state index contributed by atoms with van der Waals surface area (Å²) in [5, 5.41) is 0. The zero-order valence-electron chi connectivity index (χ0n) is 3.46. The second kappa shape index (κ2) is 1.93. The van der Waals surface area contributed by atoms with Crippen molar-refractivity contribution in [2.24, 2.45) is 0 Å². The van der Waals surface area contributed by atoms with Crippen molar-refractivity contribution in [2.45, 2.75) is 13.1 Å². The number of hydrogen-bond acceptors (Lipinski definition) is 0. The first-order chi connectivity index (χ1) is 2.00. The van der Waals surface area contributed by atoms with Crippen molar-refractivity contribution >= 4 is 40.3 Å². The summed E-state index contributed by atoms with van der Waals surface area (Å²) in [5.41, 5.74) is 0. The van der Waals surface area contributed by atoms with Crippen molar-refractivity contribution in [3.8, 4) is 0 Å². The van der Waals surface area contributed by atoms with E-state index in [0.29, 0.717) is 0 Å². The average Bonchev–Trinajstić information content (AvgIpc) is 0.722. The number of halogens is 1. The summed E-state index contributed by atoms with van der Waals surface area (Å²) in [6.45, 7) is 4.33. The molecule has 0 N–H and O–H groups in total. The molecule has 0 amide bonds. The van der Waals surface area contributed by atoms with Gasteiger partial charge in [-0.15, -0.1) is 0 Å². The van der Waals surface area contributed by atoms with Crippen molar-refractivity contribution < 1.29 is 0 Å². The van der Waals surface area contributed by atoms with Crippen LogP contribution in [0.1, 0.15) is 0 Å². The third-order valence-electron chi connectivity index (χ3n) is 0. The van der Waals surface area contributed by atoms with Gasteiger partial charge in [0, 0.05) is 0 Å². The average molecular weight is 302 g/mol. The van der Waals surface area contributed by atoms with E-state index in [0.717, 1.165) is 24.9 Å². The standard InChI is InChI=1S/C2H6ClSi.Pb.H/c1-4(2)3;;/h1-2H3;;. The van der Waals surface area contributed by atoms with Gasteiger partial charge in [0.25, 0.3) is 0 Å². The van der Waals surface area contributed by atoms with E-state index >= 15 is 0 Å². The Morgan fingerprint density at radius 1 is 1.60 bits per heavy atom. The Bertz CT molecular complexity index is 25.1. The summed E-state index contributed by atoms with van der Waals surface area (Å²) in [6.07, 6.45) is 0. The van der Waals surface area contributed by atoms with Crippen LogP contribution in [-0.2, 0) is 0 Å². The normalized spacial score (nSPS) is 12.0. The maximum atomic E-state index is 5.74. The second-order valence-electron chi connectivity index (χ2n) is 1.56. The van der Waals surface area contributed by atoms with Crippen LogP contribution in [0.2, 0.25) is 13.1 Å². The predicted molar refractivity (Wildman–Crippen MR) is 30.5 cm³/mol. The Morgan fingerprint density at radius 3 is 1.60 bits per heavy atom. The fourth-order valence-electron chi connectivity index (χ4n) is 0. The van der Waals surface area contributed by atoms with E-state index in [1.165, 1.54) is 0 Å². The number of rotatable bonds is 0. The second-order valence-corrected chi connectivity index (χ2v) is 28.7. The van der Waals surface area contributed by atoms with E-state index < -0.39 is 4.33 Å². The molecule has 0 saturated carbocycles. The molecule has 0 rings (SSSR count). The van der Waals surface area contributed by atoms with Crippen molar-refractivity contribution in [1.29, 1.82) is 0 Å². The van der Waals surface area contributed by atoms with Gasteiger partial charge in [0.15, 0.2) is 0 Å². The summed E-state index contributed by atoms with van der Waals surface area (Å²) in [6, 6.07) is 0. The molecule has 5 heavy (non-hydrogen) atoms. The van der Waals surface area contributed by atoms with Crippen molar-refractivity contribution in [3.63, 3.8) is 0 Å². The van der Waals surface area contributed by atoms with Gasteiger partial charge in [0.1, 0.15) is 0 Å². The summed E-state index contributed by atoms with van der Waals surface area (Å²) in [4.78, 5) is 0. The topological polar surface area (TPSA) is 0 Å². The first-order valence-corrected chi connectivity index (χ1v) is 12.3. The van der Waals surface area contributed by atoms with Crippen LogP contribution in [0.3, 0.4) is 0 Å². The molecule has 3 heteroatoms. The molecule has 0 spiro atoms. The van der Waals surface area contributed by atoms with Gasteiger partial charge in [-0.25, -0.2) is 0 Å². The van der Waals surface area contributed by atoms with Gasteiger partial charge in [-0.2, -0.15) is 0 Å². The zero-order valence-corrected chi connectivity index (χ0v) is 9.70. The monoisotopic (exact) mass is 302 g/mol. The van der Waals surface area contributed by atoms with E-state index in [9.17, 15) is 0 Å². The van der Waals surface area contributed by atoms with E-state index in [-0.39, 0.29) is 0 Å². The van der Waals surface area contributed by atoms with Gasteiger partial charge in [-0.3, -0.25) is 0 Å². The molecule has 0 aliphatic heterocycles. The van der Waals surface area contributed by atoms with Crippen molar-refractivity contribution in [3.05, 3.63) is 0 Å². The first kappa shape index (κ1) is 6.43. The third-order valence-corrected chi connectivity index (χ3v) is 0. The van der Waals surface area contributed by atoms with Crippen LogP contribution in [0.15, 0.2) is 0 Å². The molecule has 2 radical (unpaired) electrons. The molecule has 0 nitrogen and oxygen atoms in total. The molecular formula is C2H7ClPbSi. The van der Waals surface area contributed by atoms with Gasteiger partial charge in [0.05, 0.1) is 0 Å². The van der Waals surface area contributed by atoms with Crippen molar-refractivity contribution in [1.82, 2.24) is 0 Å². The summed E-state index contributed by atoms with van der Waals surface area (Å²) in [7, 11) is 0. The molecule has 0 aliphatic carbocycles. The van der Waals surface area contributed by atoms with E-state index in [4.69, 9.17) is 11.1 Å². The minimum atomic E-state index is -0.972.